The van der Waals surface area contributed by atoms with Crippen molar-refractivity contribution >= 4 is 22.6 Å². The molecule has 0 radical (unpaired) electrons. The van der Waals surface area contributed by atoms with E-state index >= 15 is 0 Å². The topological polar surface area (TPSA) is 83.0 Å². The average molecular weight is 351 g/mol. The van der Waals surface area contributed by atoms with Gasteiger partial charge in [0.2, 0.25) is 0 Å². The van der Waals surface area contributed by atoms with Crippen LogP contribution in [0.25, 0.3) is 10.9 Å². The Kier molecular flexibility index (Phi) is 4.20. The molecule has 1 amide bonds. The van der Waals surface area contributed by atoms with Gasteiger partial charge in [0, 0.05) is 49.5 Å². The van der Waals surface area contributed by atoms with Crippen molar-refractivity contribution in [1.82, 2.24) is 19.9 Å². The summed E-state index contributed by atoms with van der Waals surface area (Å²) >= 11 is 0. The van der Waals surface area contributed by atoms with E-state index in [-0.39, 0.29) is 17.5 Å². The van der Waals surface area contributed by atoms with Gasteiger partial charge in [-0.3, -0.25) is 9.59 Å². The van der Waals surface area contributed by atoms with Crippen molar-refractivity contribution in [3.05, 3.63) is 58.8 Å². The number of benzene rings is 1. The molecule has 1 aliphatic rings. The molecule has 0 saturated carbocycles. The summed E-state index contributed by atoms with van der Waals surface area (Å²) in [7, 11) is 1.71. The molecule has 7 nitrogen and oxygen atoms in total. The maximum atomic E-state index is 12.6. The summed E-state index contributed by atoms with van der Waals surface area (Å²) in [5.74, 6) is 0.321. The Bertz CT molecular complexity index is 973. The second kappa shape index (κ2) is 6.67. The van der Waals surface area contributed by atoms with Crippen molar-refractivity contribution in [1.29, 1.82) is 0 Å². The van der Waals surface area contributed by atoms with E-state index in [1.54, 1.807) is 19.4 Å². The highest BCUT2D eigenvalue weighted by Gasteiger charge is 2.25. The third kappa shape index (κ3) is 3.08. The number of carbonyl (C=O) groups is 1. The zero-order chi connectivity index (χ0) is 18.1. The van der Waals surface area contributed by atoms with Gasteiger partial charge in [-0.25, -0.2) is 4.98 Å². The van der Waals surface area contributed by atoms with Crippen LogP contribution in [0.4, 0.5) is 5.82 Å². The van der Waals surface area contributed by atoms with Crippen molar-refractivity contribution in [3.8, 4) is 0 Å². The number of hydrogen-bond donors (Lipinski definition) is 2. The fourth-order valence-corrected chi connectivity index (χ4v) is 3.45. The van der Waals surface area contributed by atoms with Crippen LogP contribution in [-0.4, -0.2) is 39.6 Å². The Morgan fingerprint density at radius 2 is 2.19 bits per heavy atom. The average Bonchev–Trinajstić information content (AvgIpc) is 3.09. The van der Waals surface area contributed by atoms with Gasteiger partial charge in [0.15, 0.2) is 5.82 Å². The van der Waals surface area contributed by atoms with Gasteiger partial charge >= 0.3 is 0 Å². The highest BCUT2D eigenvalue weighted by molar-refractivity contribution is 5.98. The molecular weight excluding hydrogens is 330 g/mol. The normalized spacial score (nSPS) is 17.4. The smallest absolute Gasteiger partial charge is 0.293 e. The largest absolute Gasteiger partial charge is 0.351 e. The first-order valence-corrected chi connectivity index (χ1v) is 8.77. The molecule has 0 aliphatic carbocycles. The minimum absolute atomic E-state index is 0.0191. The number of aryl methyl sites for hydroxylation is 1. The SMILES string of the molecule is Cn1ccnc(N2CCCC(NC(=O)c3cc4ccccc4[nH]3)C2)c1=O. The van der Waals surface area contributed by atoms with E-state index in [1.807, 2.05) is 35.2 Å². The Hall–Kier alpha value is -3.09. The second-order valence-electron chi connectivity index (χ2n) is 6.70. The second-order valence-corrected chi connectivity index (χ2v) is 6.70. The van der Waals surface area contributed by atoms with Crippen molar-refractivity contribution in [2.75, 3.05) is 18.0 Å². The van der Waals surface area contributed by atoms with E-state index in [9.17, 15) is 9.59 Å². The predicted octanol–water partition coefficient (Wildman–Crippen LogP) is 1.66. The molecule has 3 aromatic rings. The molecule has 1 atom stereocenters. The molecule has 2 aromatic heterocycles. The minimum atomic E-state index is -0.123. The number of anilines is 1. The van der Waals surface area contributed by atoms with Crippen LogP contribution in [0, 0.1) is 0 Å². The molecule has 2 N–H and O–H groups in total. The van der Waals surface area contributed by atoms with E-state index in [0.29, 0.717) is 18.1 Å². The number of amides is 1. The van der Waals surface area contributed by atoms with Gasteiger partial charge in [0.25, 0.3) is 11.5 Å². The minimum Gasteiger partial charge on any atom is -0.351 e. The van der Waals surface area contributed by atoms with Gasteiger partial charge in [-0.1, -0.05) is 18.2 Å². The van der Waals surface area contributed by atoms with Crippen LogP contribution in [0.1, 0.15) is 23.3 Å². The number of hydrogen-bond acceptors (Lipinski definition) is 4. The summed E-state index contributed by atoms with van der Waals surface area (Å²) < 4.78 is 1.52. The summed E-state index contributed by atoms with van der Waals surface area (Å²) in [5, 5.41) is 4.10. The number of nitrogens with zero attached hydrogens (tertiary/aromatic N) is 3. The van der Waals surface area contributed by atoms with Gasteiger partial charge in [0.05, 0.1) is 0 Å². The van der Waals surface area contributed by atoms with E-state index in [4.69, 9.17) is 0 Å². The molecule has 0 bridgehead atoms. The van der Waals surface area contributed by atoms with Crippen molar-refractivity contribution < 1.29 is 4.79 Å². The third-order valence-corrected chi connectivity index (χ3v) is 4.83. The summed E-state index contributed by atoms with van der Waals surface area (Å²) in [6.45, 7) is 1.35. The van der Waals surface area contributed by atoms with Crippen LogP contribution in [0.5, 0.6) is 0 Å². The number of fused-ring (bicyclic) bond motifs is 1. The lowest BCUT2D eigenvalue weighted by molar-refractivity contribution is 0.0929. The summed E-state index contributed by atoms with van der Waals surface area (Å²) in [4.78, 5) is 34.2. The zero-order valence-corrected chi connectivity index (χ0v) is 14.6. The van der Waals surface area contributed by atoms with E-state index in [0.717, 1.165) is 30.3 Å². The molecule has 3 heterocycles. The maximum absolute atomic E-state index is 12.6. The lowest BCUT2D eigenvalue weighted by Gasteiger charge is -2.33. The molecule has 4 rings (SSSR count). The number of aromatic amines is 1. The number of nitrogens with one attached hydrogen (secondary N) is 2. The number of carbonyl (C=O) groups excluding carboxylic acids is 1. The Morgan fingerprint density at radius 3 is 3.04 bits per heavy atom. The van der Waals surface area contributed by atoms with E-state index in [1.165, 1.54) is 4.57 Å². The summed E-state index contributed by atoms with van der Waals surface area (Å²) in [5.41, 5.74) is 1.38. The van der Waals surface area contributed by atoms with Crippen molar-refractivity contribution in [2.24, 2.45) is 7.05 Å². The molecular formula is C19H21N5O2. The monoisotopic (exact) mass is 351 g/mol. The van der Waals surface area contributed by atoms with Crippen LogP contribution >= 0.6 is 0 Å². The van der Waals surface area contributed by atoms with Crippen LogP contribution in [0.2, 0.25) is 0 Å². The van der Waals surface area contributed by atoms with Gasteiger partial charge in [-0.05, 0) is 25.0 Å². The fraction of sp³-hybridized carbons (Fsp3) is 0.316. The molecule has 1 aromatic carbocycles. The molecule has 7 heteroatoms. The Morgan fingerprint density at radius 1 is 1.35 bits per heavy atom. The highest BCUT2D eigenvalue weighted by Crippen LogP contribution is 2.17. The van der Waals surface area contributed by atoms with Gasteiger partial charge in [-0.2, -0.15) is 0 Å². The third-order valence-electron chi connectivity index (χ3n) is 4.83. The first-order chi connectivity index (χ1) is 12.6. The fourth-order valence-electron chi connectivity index (χ4n) is 3.45. The first kappa shape index (κ1) is 16.4. The predicted molar refractivity (Wildman–Crippen MR) is 100 cm³/mol. The molecule has 1 fully saturated rings. The lowest BCUT2D eigenvalue weighted by atomic mass is 10.1. The lowest BCUT2D eigenvalue weighted by Crippen LogP contribution is -2.49. The van der Waals surface area contributed by atoms with Gasteiger partial charge in [0.1, 0.15) is 5.69 Å². The van der Waals surface area contributed by atoms with Crippen molar-refractivity contribution in [3.63, 3.8) is 0 Å². The number of piperidine rings is 1. The Labute approximate surface area is 150 Å². The molecule has 0 spiro atoms. The quantitative estimate of drug-likeness (QED) is 0.752. The van der Waals surface area contributed by atoms with Crippen molar-refractivity contribution in [2.45, 2.75) is 18.9 Å². The van der Waals surface area contributed by atoms with E-state index < -0.39 is 0 Å². The van der Waals surface area contributed by atoms with Crippen LogP contribution in [0.3, 0.4) is 0 Å². The number of H-pyrrole nitrogens is 1. The maximum Gasteiger partial charge on any atom is 0.293 e. The molecule has 26 heavy (non-hydrogen) atoms. The van der Waals surface area contributed by atoms with E-state index in [2.05, 4.69) is 15.3 Å². The molecule has 1 unspecified atom stereocenters. The molecule has 1 saturated heterocycles. The number of aromatic nitrogens is 3. The summed E-state index contributed by atoms with van der Waals surface area (Å²) in [6.07, 6.45) is 5.06. The van der Waals surface area contributed by atoms with Crippen LogP contribution in [-0.2, 0) is 7.05 Å². The number of para-hydroxylation sites is 1. The number of rotatable bonds is 3. The van der Waals surface area contributed by atoms with Gasteiger partial charge < -0.3 is 19.8 Å². The molecule has 1 aliphatic heterocycles. The van der Waals surface area contributed by atoms with Crippen LogP contribution in [0.15, 0.2) is 47.5 Å². The molecule has 134 valence electrons. The first-order valence-electron chi connectivity index (χ1n) is 8.77. The van der Waals surface area contributed by atoms with Crippen LogP contribution < -0.4 is 15.8 Å². The summed E-state index contributed by atoms with van der Waals surface area (Å²) in [6, 6.07) is 9.65. The zero-order valence-electron chi connectivity index (χ0n) is 14.6. The highest BCUT2D eigenvalue weighted by atomic mass is 16.2. The standard InChI is InChI=1S/C19H21N5O2/c1-23-10-8-20-17(19(23)26)24-9-4-6-14(12-24)21-18(25)16-11-13-5-2-3-7-15(13)22-16/h2-3,5,7-8,10-11,14,22H,4,6,9,12H2,1H3,(H,21,25). The van der Waals surface area contributed by atoms with Gasteiger partial charge in [-0.15, -0.1) is 0 Å². The Balaban J connectivity index is 1.48.